The first kappa shape index (κ1) is 8.26. The molecule has 0 aliphatic rings. The molecular weight excluding hydrogens is 182 g/mol. The lowest BCUT2D eigenvalue weighted by Crippen LogP contribution is -1.87. The van der Waals surface area contributed by atoms with E-state index >= 15 is 0 Å². The fourth-order valence-electron chi connectivity index (χ4n) is 1.60. The van der Waals surface area contributed by atoms with Gasteiger partial charge in [-0.05, 0) is 16.7 Å². The van der Waals surface area contributed by atoms with E-state index < -0.39 is 0 Å². The average Bonchev–Trinajstić information content (AvgIpc) is 2.31. The molecule has 2 rings (SSSR count). The van der Waals surface area contributed by atoms with Crippen LogP contribution in [0.3, 0.4) is 0 Å². The molecule has 0 radical (unpaired) electrons. The molecule has 2 aromatic carbocycles. The zero-order valence-electron chi connectivity index (χ0n) is 9.27. The molecule has 0 unspecified atom stereocenters. The van der Waals surface area contributed by atoms with E-state index in [4.69, 9.17) is 6.63 Å². The van der Waals surface area contributed by atoms with Gasteiger partial charge in [-0.25, -0.2) is 0 Å². The number of benzene rings is 2. The molecule has 0 saturated carbocycles. The molecule has 0 heterocycles. The van der Waals surface area contributed by atoms with E-state index in [2.05, 4.69) is 6.07 Å². The Labute approximate surface area is 91.0 Å². The third-order valence-electron chi connectivity index (χ3n) is 2.30. The number of nitriles is 1. The number of hydrogen-bond donors (Lipinski definition) is 0. The highest BCUT2D eigenvalue weighted by Crippen LogP contribution is 2.23. The summed E-state index contributed by atoms with van der Waals surface area (Å²) in [5, 5.41) is 8.77. The van der Waals surface area contributed by atoms with Gasteiger partial charge in [-0.2, -0.15) is 5.26 Å². The van der Waals surface area contributed by atoms with Gasteiger partial charge in [0.2, 0.25) is 0 Å². The minimum absolute atomic E-state index is 0.344. The quantitative estimate of drug-likeness (QED) is 0.718. The number of nitrogens with zero attached hydrogens (tertiary/aromatic N) is 1. The molecule has 0 fully saturated rings. The van der Waals surface area contributed by atoms with Crippen molar-refractivity contribution in [2.24, 2.45) is 0 Å². The molecule has 0 aromatic heterocycles. The van der Waals surface area contributed by atoms with Gasteiger partial charge in [0.05, 0.1) is 13.9 Å². The summed E-state index contributed by atoms with van der Waals surface area (Å²) in [6.45, 7) is 0. The van der Waals surface area contributed by atoms with Crippen LogP contribution in [0.1, 0.15) is 6.93 Å². The Morgan fingerprint density at radius 3 is 2.60 bits per heavy atom. The Hall–Kier alpha value is -2.07. The van der Waals surface area contributed by atoms with Crippen LogP contribution < -0.4 is 0 Å². The van der Waals surface area contributed by atoms with Crippen LogP contribution in [0.5, 0.6) is 0 Å². The third kappa shape index (κ3) is 2.05. The molecule has 0 aliphatic carbocycles. The lowest BCUT2D eigenvalue weighted by Gasteiger charge is -2.05. The highest BCUT2D eigenvalue weighted by molar-refractivity contribution is 5.67. The van der Waals surface area contributed by atoms with E-state index in [0.717, 1.165) is 16.7 Å². The van der Waals surface area contributed by atoms with Gasteiger partial charge in [-0.3, -0.25) is 0 Å². The standard InChI is InChI=1S/C14H11N/c15-11-10-13-8-4-5-9-14(13)12-6-2-1-3-7-12/h1-9H,10H2/i4D. The first-order valence-electron chi connectivity index (χ1n) is 5.33. The SMILES string of the molecule is [2H]c1ccc(-c2ccccc2)c(CC#N)c1. The summed E-state index contributed by atoms with van der Waals surface area (Å²) >= 11 is 0. The van der Waals surface area contributed by atoms with Crippen molar-refractivity contribution in [2.45, 2.75) is 6.42 Å². The first-order chi connectivity index (χ1) is 7.81. The Balaban J connectivity index is 2.53. The van der Waals surface area contributed by atoms with Crippen LogP contribution in [0.15, 0.2) is 54.6 Å². The largest absolute Gasteiger partial charge is 0.198 e. The predicted octanol–water partition coefficient (Wildman–Crippen LogP) is 3.42. The summed E-state index contributed by atoms with van der Waals surface area (Å²) in [6.07, 6.45) is 0.344. The summed E-state index contributed by atoms with van der Waals surface area (Å²) < 4.78 is 7.56. The van der Waals surface area contributed by atoms with E-state index in [0.29, 0.717) is 12.5 Å². The highest BCUT2D eigenvalue weighted by Gasteiger charge is 2.02. The molecule has 15 heavy (non-hydrogen) atoms. The molecule has 0 aliphatic heterocycles. The van der Waals surface area contributed by atoms with Crippen LogP contribution in [-0.2, 0) is 6.42 Å². The molecule has 0 atom stereocenters. The smallest absolute Gasteiger partial charge is 0.0669 e. The van der Waals surface area contributed by atoms with Crippen LogP contribution >= 0.6 is 0 Å². The molecule has 0 bridgehead atoms. The molecule has 2 aromatic rings. The fraction of sp³-hybridized carbons (Fsp3) is 0.0714. The van der Waals surface area contributed by atoms with Gasteiger partial charge in [0, 0.05) is 0 Å². The molecule has 1 heteroatoms. The summed E-state index contributed by atoms with van der Waals surface area (Å²) in [7, 11) is 0. The van der Waals surface area contributed by atoms with Gasteiger partial charge in [0.1, 0.15) is 0 Å². The van der Waals surface area contributed by atoms with Crippen LogP contribution in [-0.4, -0.2) is 0 Å². The molecule has 1 nitrogen and oxygen atoms in total. The summed E-state index contributed by atoms with van der Waals surface area (Å²) in [5.74, 6) is 0. The highest BCUT2D eigenvalue weighted by atomic mass is 14.2. The lowest BCUT2D eigenvalue weighted by molar-refractivity contribution is 1.26. The Bertz CT molecular complexity index is 526. The van der Waals surface area contributed by atoms with Gasteiger partial charge in [0.25, 0.3) is 0 Å². The van der Waals surface area contributed by atoms with Crippen molar-refractivity contribution in [3.63, 3.8) is 0 Å². The van der Waals surface area contributed by atoms with Crippen molar-refractivity contribution in [1.29, 1.82) is 5.26 Å². The second kappa shape index (κ2) is 4.43. The van der Waals surface area contributed by atoms with Gasteiger partial charge >= 0.3 is 0 Å². The lowest BCUT2D eigenvalue weighted by atomic mass is 9.98. The number of rotatable bonds is 2. The Kier molecular flexibility index (Phi) is 2.44. The fourth-order valence-corrected chi connectivity index (χ4v) is 1.60. The van der Waals surface area contributed by atoms with Crippen molar-refractivity contribution in [1.82, 2.24) is 0 Å². The van der Waals surface area contributed by atoms with Crippen molar-refractivity contribution in [3.05, 3.63) is 60.1 Å². The van der Waals surface area contributed by atoms with Crippen molar-refractivity contribution >= 4 is 0 Å². The van der Waals surface area contributed by atoms with E-state index in [1.54, 1.807) is 12.1 Å². The Morgan fingerprint density at radius 1 is 1.07 bits per heavy atom. The summed E-state index contributed by atoms with van der Waals surface area (Å²) in [5.41, 5.74) is 3.05. The van der Waals surface area contributed by atoms with Gasteiger partial charge in [-0.15, -0.1) is 0 Å². The second-order valence-corrected chi connectivity index (χ2v) is 3.28. The van der Waals surface area contributed by atoms with Gasteiger partial charge in [-0.1, -0.05) is 54.6 Å². The van der Waals surface area contributed by atoms with Crippen molar-refractivity contribution in [3.8, 4) is 17.2 Å². The maximum Gasteiger partial charge on any atom is 0.0669 e. The van der Waals surface area contributed by atoms with E-state index in [1.165, 1.54) is 0 Å². The maximum atomic E-state index is 8.77. The average molecular weight is 194 g/mol. The molecule has 72 valence electrons. The minimum atomic E-state index is 0.344. The molecular formula is C14H11N. The molecule has 0 saturated heterocycles. The minimum Gasteiger partial charge on any atom is -0.198 e. The molecule has 0 amide bonds. The van der Waals surface area contributed by atoms with E-state index in [9.17, 15) is 0 Å². The second-order valence-electron chi connectivity index (χ2n) is 3.28. The number of hydrogen-bond acceptors (Lipinski definition) is 1. The zero-order valence-corrected chi connectivity index (χ0v) is 8.27. The molecule has 0 spiro atoms. The van der Waals surface area contributed by atoms with Crippen LogP contribution in [0.2, 0.25) is 0 Å². The monoisotopic (exact) mass is 194 g/mol. The van der Waals surface area contributed by atoms with E-state index in [-0.39, 0.29) is 0 Å². The van der Waals surface area contributed by atoms with Crippen LogP contribution in [0.25, 0.3) is 11.1 Å². The maximum absolute atomic E-state index is 8.77. The first-order valence-corrected chi connectivity index (χ1v) is 4.83. The van der Waals surface area contributed by atoms with Gasteiger partial charge < -0.3 is 0 Å². The normalized spacial score (nSPS) is 10.5. The molecule has 0 N–H and O–H groups in total. The van der Waals surface area contributed by atoms with Crippen LogP contribution in [0.4, 0.5) is 0 Å². The van der Waals surface area contributed by atoms with Crippen molar-refractivity contribution in [2.75, 3.05) is 0 Å². The van der Waals surface area contributed by atoms with Gasteiger partial charge in [0.15, 0.2) is 0 Å². The van der Waals surface area contributed by atoms with Crippen LogP contribution in [0, 0.1) is 11.3 Å². The summed E-state index contributed by atoms with van der Waals surface area (Å²) in [6, 6.07) is 17.9. The summed E-state index contributed by atoms with van der Waals surface area (Å²) in [4.78, 5) is 0. The van der Waals surface area contributed by atoms with Crippen molar-refractivity contribution < 1.29 is 1.37 Å². The third-order valence-corrected chi connectivity index (χ3v) is 2.30. The van der Waals surface area contributed by atoms with E-state index in [1.807, 2.05) is 36.4 Å². The zero-order chi connectivity index (χ0) is 11.4. The topological polar surface area (TPSA) is 23.8 Å². The Morgan fingerprint density at radius 2 is 1.87 bits per heavy atom. The predicted molar refractivity (Wildman–Crippen MR) is 61.2 cm³/mol.